The fourth-order valence-corrected chi connectivity index (χ4v) is 1.73. The van der Waals surface area contributed by atoms with E-state index in [4.69, 9.17) is 9.84 Å². The average molecular weight is 254 g/mol. The van der Waals surface area contributed by atoms with Gasteiger partial charge in [0.05, 0.1) is 12.7 Å². The molecule has 3 heteroatoms. The summed E-state index contributed by atoms with van der Waals surface area (Å²) in [4.78, 5) is 10.9. The highest BCUT2D eigenvalue weighted by Gasteiger charge is 2.06. The Morgan fingerprint density at radius 1 is 1.11 bits per heavy atom. The molecule has 0 aliphatic rings. The van der Waals surface area contributed by atoms with Gasteiger partial charge in [-0.15, -0.1) is 0 Å². The van der Waals surface area contributed by atoms with Gasteiger partial charge in [-0.1, -0.05) is 48.6 Å². The lowest BCUT2D eigenvalue weighted by molar-refractivity contribution is 0.0696. The zero-order chi connectivity index (χ0) is 13.7. The molecule has 0 saturated carbocycles. The lowest BCUT2D eigenvalue weighted by Gasteiger charge is -2.05. The van der Waals surface area contributed by atoms with Crippen LogP contribution in [0, 0.1) is 0 Å². The van der Waals surface area contributed by atoms with Crippen molar-refractivity contribution >= 4 is 18.1 Å². The van der Waals surface area contributed by atoms with Crippen LogP contribution in [0.2, 0.25) is 0 Å². The summed E-state index contributed by atoms with van der Waals surface area (Å²) in [5.41, 5.74) is 2.14. The molecule has 0 heterocycles. The van der Waals surface area contributed by atoms with Crippen molar-refractivity contribution in [1.82, 2.24) is 0 Å². The highest BCUT2D eigenvalue weighted by atomic mass is 16.5. The van der Waals surface area contributed by atoms with Gasteiger partial charge in [-0.3, -0.25) is 0 Å². The minimum atomic E-state index is -0.961. The van der Waals surface area contributed by atoms with E-state index in [1.54, 1.807) is 12.1 Å². The molecule has 19 heavy (non-hydrogen) atoms. The van der Waals surface area contributed by atoms with Gasteiger partial charge in [0.15, 0.2) is 0 Å². The first-order valence-corrected chi connectivity index (χ1v) is 5.85. The summed E-state index contributed by atoms with van der Waals surface area (Å²) >= 11 is 0. The monoisotopic (exact) mass is 254 g/mol. The number of aromatic carboxylic acids is 1. The van der Waals surface area contributed by atoms with Crippen LogP contribution in [-0.4, -0.2) is 18.2 Å². The molecule has 0 fully saturated rings. The lowest BCUT2D eigenvalue weighted by atomic mass is 10.1. The van der Waals surface area contributed by atoms with Crippen LogP contribution in [0.5, 0.6) is 5.75 Å². The molecule has 3 nitrogen and oxygen atoms in total. The summed E-state index contributed by atoms with van der Waals surface area (Å²) in [6.45, 7) is 0. The van der Waals surface area contributed by atoms with Crippen LogP contribution in [0.15, 0.2) is 48.5 Å². The third-order valence-corrected chi connectivity index (χ3v) is 2.74. The molecule has 0 radical (unpaired) electrons. The van der Waals surface area contributed by atoms with Gasteiger partial charge in [-0.25, -0.2) is 4.79 Å². The third kappa shape index (κ3) is 3.22. The second-order valence-corrected chi connectivity index (χ2v) is 4.01. The van der Waals surface area contributed by atoms with Gasteiger partial charge in [-0.2, -0.15) is 0 Å². The van der Waals surface area contributed by atoms with Crippen LogP contribution < -0.4 is 4.74 Å². The van der Waals surface area contributed by atoms with Gasteiger partial charge in [-0.05, 0) is 17.7 Å². The highest BCUT2D eigenvalue weighted by molar-refractivity contribution is 5.89. The Morgan fingerprint density at radius 3 is 2.47 bits per heavy atom. The van der Waals surface area contributed by atoms with Crippen molar-refractivity contribution in [2.24, 2.45) is 0 Å². The second-order valence-electron chi connectivity index (χ2n) is 4.01. The van der Waals surface area contributed by atoms with Crippen molar-refractivity contribution in [2.75, 3.05) is 7.11 Å². The molecule has 2 rings (SSSR count). The Kier molecular flexibility index (Phi) is 3.98. The Morgan fingerprint density at radius 2 is 1.84 bits per heavy atom. The molecule has 0 spiro atoms. The molecule has 0 saturated heterocycles. The number of methoxy groups -OCH3 is 1. The molecule has 0 aliphatic heterocycles. The van der Waals surface area contributed by atoms with E-state index >= 15 is 0 Å². The van der Waals surface area contributed by atoms with Crippen LogP contribution in [0.1, 0.15) is 21.5 Å². The lowest BCUT2D eigenvalue weighted by Crippen LogP contribution is -1.97. The number of hydrogen-bond acceptors (Lipinski definition) is 2. The minimum absolute atomic E-state index is 0.216. The molecule has 0 amide bonds. The first-order chi connectivity index (χ1) is 9.20. The van der Waals surface area contributed by atoms with Crippen molar-refractivity contribution in [3.05, 3.63) is 65.2 Å². The fraction of sp³-hybridized carbons (Fsp3) is 0.0625. The van der Waals surface area contributed by atoms with Crippen LogP contribution in [0.25, 0.3) is 12.2 Å². The number of benzene rings is 2. The maximum Gasteiger partial charge on any atom is 0.335 e. The van der Waals surface area contributed by atoms with Gasteiger partial charge < -0.3 is 9.84 Å². The number of rotatable bonds is 4. The summed E-state index contributed by atoms with van der Waals surface area (Å²) in [5, 5.41) is 8.93. The summed E-state index contributed by atoms with van der Waals surface area (Å²) in [6.07, 6.45) is 3.86. The minimum Gasteiger partial charge on any atom is -0.496 e. The Bertz CT molecular complexity index is 601. The zero-order valence-electron chi connectivity index (χ0n) is 10.5. The highest BCUT2D eigenvalue weighted by Crippen LogP contribution is 2.22. The Balaban J connectivity index is 2.30. The van der Waals surface area contributed by atoms with E-state index in [0.717, 1.165) is 11.1 Å². The molecule has 0 unspecified atom stereocenters. The van der Waals surface area contributed by atoms with E-state index in [0.29, 0.717) is 5.75 Å². The third-order valence-electron chi connectivity index (χ3n) is 2.74. The number of hydrogen-bond donors (Lipinski definition) is 1. The maximum atomic E-state index is 10.9. The molecule has 1 N–H and O–H groups in total. The van der Waals surface area contributed by atoms with Crippen molar-refractivity contribution in [1.29, 1.82) is 0 Å². The van der Waals surface area contributed by atoms with E-state index < -0.39 is 5.97 Å². The molecular formula is C16H14O3. The molecule has 0 atom stereocenters. The predicted molar refractivity (Wildman–Crippen MR) is 75.3 cm³/mol. The second kappa shape index (κ2) is 5.87. The maximum absolute atomic E-state index is 10.9. The molecule has 0 bridgehead atoms. The predicted octanol–water partition coefficient (Wildman–Crippen LogP) is 3.56. The zero-order valence-corrected chi connectivity index (χ0v) is 10.5. The fourth-order valence-electron chi connectivity index (χ4n) is 1.73. The quantitative estimate of drug-likeness (QED) is 0.848. The van der Waals surface area contributed by atoms with Gasteiger partial charge >= 0.3 is 5.97 Å². The standard InChI is InChI=1S/C16H14O3/c1-19-15-11-14(16(17)18)10-9-13(15)8-7-12-5-3-2-4-6-12/h2-11H,1H3,(H,17,18). The van der Waals surface area contributed by atoms with Crippen LogP contribution in [-0.2, 0) is 0 Å². The number of ether oxygens (including phenoxy) is 1. The van der Waals surface area contributed by atoms with Crippen molar-refractivity contribution in [3.8, 4) is 5.75 Å². The van der Waals surface area contributed by atoms with Crippen molar-refractivity contribution in [2.45, 2.75) is 0 Å². The van der Waals surface area contributed by atoms with E-state index in [2.05, 4.69) is 0 Å². The van der Waals surface area contributed by atoms with Gasteiger partial charge in [0.25, 0.3) is 0 Å². The van der Waals surface area contributed by atoms with E-state index in [1.165, 1.54) is 13.2 Å². The SMILES string of the molecule is COc1cc(C(=O)O)ccc1C=Cc1ccccc1. The van der Waals surface area contributed by atoms with Gasteiger partial charge in [0.2, 0.25) is 0 Å². The van der Waals surface area contributed by atoms with Crippen LogP contribution >= 0.6 is 0 Å². The first kappa shape index (κ1) is 12.9. The molecule has 0 aromatic heterocycles. The molecular weight excluding hydrogens is 240 g/mol. The summed E-state index contributed by atoms with van der Waals surface area (Å²) in [6, 6.07) is 14.7. The Hall–Kier alpha value is -2.55. The number of carboxylic acids is 1. The van der Waals surface area contributed by atoms with Crippen LogP contribution in [0.3, 0.4) is 0 Å². The summed E-state index contributed by atoms with van der Waals surface area (Å²) in [5.74, 6) is -0.413. The summed E-state index contributed by atoms with van der Waals surface area (Å²) in [7, 11) is 1.53. The van der Waals surface area contributed by atoms with E-state index in [-0.39, 0.29) is 5.56 Å². The van der Waals surface area contributed by atoms with Crippen molar-refractivity contribution < 1.29 is 14.6 Å². The Labute approximate surface area is 111 Å². The van der Waals surface area contributed by atoms with E-state index in [1.807, 2.05) is 42.5 Å². The first-order valence-electron chi connectivity index (χ1n) is 5.85. The largest absolute Gasteiger partial charge is 0.496 e. The molecule has 2 aromatic carbocycles. The molecule has 0 aliphatic carbocycles. The van der Waals surface area contributed by atoms with E-state index in [9.17, 15) is 4.79 Å². The molecule has 2 aromatic rings. The number of carboxylic acid groups (broad SMARTS) is 1. The topological polar surface area (TPSA) is 46.5 Å². The smallest absolute Gasteiger partial charge is 0.335 e. The van der Waals surface area contributed by atoms with Crippen LogP contribution in [0.4, 0.5) is 0 Å². The molecule has 96 valence electrons. The van der Waals surface area contributed by atoms with Gasteiger partial charge in [0, 0.05) is 5.56 Å². The summed E-state index contributed by atoms with van der Waals surface area (Å²) < 4.78 is 5.21. The average Bonchev–Trinajstić information content (AvgIpc) is 2.45. The van der Waals surface area contributed by atoms with Gasteiger partial charge in [0.1, 0.15) is 5.75 Å². The van der Waals surface area contributed by atoms with Crippen molar-refractivity contribution in [3.63, 3.8) is 0 Å². The number of carbonyl (C=O) groups is 1. The normalized spacial score (nSPS) is 10.6.